The predicted octanol–water partition coefficient (Wildman–Crippen LogP) is 3.69. The molecule has 2 N–H and O–H groups in total. The number of phenols is 1. The lowest BCUT2D eigenvalue weighted by atomic mass is 10.0. The topological polar surface area (TPSA) is 76.0 Å². The number of aliphatic carboxylic acids is 1. The van der Waals surface area contributed by atoms with E-state index in [1.54, 1.807) is 24.3 Å². The molecule has 2 aromatic rings. The van der Waals surface area contributed by atoms with Crippen LogP contribution in [0.3, 0.4) is 0 Å². The zero-order chi connectivity index (χ0) is 17.0. The van der Waals surface area contributed by atoms with Gasteiger partial charge in [-0.15, -0.1) is 0 Å². The molecule has 0 unspecified atom stereocenters. The largest absolute Gasteiger partial charge is 0.504 e. The van der Waals surface area contributed by atoms with Gasteiger partial charge in [-0.3, -0.25) is 0 Å². The number of carboxylic acids is 1. The van der Waals surface area contributed by atoms with Crippen molar-refractivity contribution in [2.24, 2.45) is 0 Å². The second-order valence-corrected chi connectivity index (χ2v) is 5.05. The molecule has 0 aromatic heterocycles. The Hall–Kier alpha value is -2.66. The van der Waals surface area contributed by atoms with Crippen molar-refractivity contribution in [3.8, 4) is 17.2 Å². The molecule has 0 aliphatic rings. The number of para-hydroxylation sites is 1. The maximum atomic E-state index is 11.7. The molecule has 0 aliphatic heterocycles. The van der Waals surface area contributed by atoms with Crippen LogP contribution in [0.2, 0.25) is 5.02 Å². The van der Waals surface area contributed by atoms with Crippen LogP contribution < -0.4 is 9.47 Å². The summed E-state index contributed by atoms with van der Waals surface area (Å²) in [5.74, 6) is -0.776. The lowest BCUT2D eigenvalue weighted by Crippen LogP contribution is -2.02. The van der Waals surface area contributed by atoms with Crippen LogP contribution >= 0.6 is 11.6 Å². The summed E-state index contributed by atoms with van der Waals surface area (Å²) < 4.78 is 10.2. The van der Waals surface area contributed by atoms with Crippen molar-refractivity contribution in [2.45, 2.75) is 0 Å². The van der Waals surface area contributed by atoms with Gasteiger partial charge in [0.2, 0.25) is 0 Å². The Morgan fingerprint density at radius 3 is 2.39 bits per heavy atom. The molecule has 6 heteroatoms. The second kappa shape index (κ2) is 7.07. The van der Waals surface area contributed by atoms with Crippen LogP contribution in [0, 0.1) is 0 Å². The SMILES string of the molecule is COc1ccccc1/C(=C/c1cc(Cl)cc(OC)c1O)C(=O)O. The van der Waals surface area contributed by atoms with Gasteiger partial charge in [0, 0.05) is 22.2 Å². The highest BCUT2D eigenvalue weighted by Gasteiger charge is 2.17. The molecule has 0 atom stereocenters. The maximum Gasteiger partial charge on any atom is 0.336 e. The van der Waals surface area contributed by atoms with E-state index in [1.165, 1.54) is 32.4 Å². The number of carboxylic acid groups (broad SMARTS) is 1. The smallest absolute Gasteiger partial charge is 0.336 e. The Kier molecular flexibility index (Phi) is 5.13. The molecule has 0 radical (unpaired) electrons. The molecule has 0 spiro atoms. The number of halogens is 1. The summed E-state index contributed by atoms with van der Waals surface area (Å²) in [5, 5.41) is 20.0. The van der Waals surface area contributed by atoms with Gasteiger partial charge < -0.3 is 19.7 Å². The summed E-state index contributed by atoms with van der Waals surface area (Å²) in [6.45, 7) is 0. The van der Waals surface area contributed by atoms with Gasteiger partial charge in [0.1, 0.15) is 5.75 Å². The van der Waals surface area contributed by atoms with E-state index in [0.717, 1.165) is 0 Å². The Morgan fingerprint density at radius 1 is 1.13 bits per heavy atom. The zero-order valence-electron chi connectivity index (χ0n) is 12.5. The van der Waals surface area contributed by atoms with E-state index in [0.29, 0.717) is 16.3 Å². The van der Waals surface area contributed by atoms with E-state index in [1.807, 2.05) is 0 Å². The molecule has 0 fully saturated rings. The number of benzene rings is 2. The van der Waals surface area contributed by atoms with E-state index in [2.05, 4.69) is 0 Å². The fourth-order valence-corrected chi connectivity index (χ4v) is 2.35. The molecule has 0 saturated carbocycles. The number of rotatable bonds is 5. The highest BCUT2D eigenvalue weighted by Crippen LogP contribution is 2.36. The third-order valence-electron chi connectivity index (χ3n) is 3.22. The summed E-state index contributed by atoms with van der Waals surface area (Å²) in [6, 6.07) is 9.62. The van der Waals surface area contributed by atoms with Crippen LogP contribution in [-0.2, 0) is 4.79 Å². The number of hydrogen-bond donors (Lipinski definition) is 2. The van der Waals surface area contributed by atoms with Crippen molar-refractivity contribution in [3.63, 3.8) is 0 Å². The molecule has 2 rings (SSSR count). The van der Waals surface area contributed by atoms with E-state index in [4.69, 9.17) is 21.1 Å². The first-order valence-corrected chi connectivity index (χ1v) is 7.00. The van der Waals surface area contributed by atoms with Crippen molar-refractivity contribution in [1.82, 2.24) is 0 Å². The summed E-state index contributed by atoms with van der Waals surface area (Å²) >= 11 is 5.98. The standard InChI is InChI=1S/C17H15ClO5/c1-22-14-6-4-3-5-12(14)13(17(20)21)8-10-7-11(18)9-15(23-2)16(10)19/h3-9,19H,1-2H3,(H,20,21)/b13-8-. The van der Waals surface area contributed by atoms with Gasteiger partial charge in [-0.05, 0) is 18.2 Å². The van der Waals surface area contributed by atoms with Gasteiger partial charge in [-0.1, -0.05) is 29.8 Å². The van der Waals surface area contributed by atoms with Gasteiger partial charge in [0.25, 0.3) is 0 Å². The number of methoxy groups -OCH3 is 2. The van der Waals surface area contributed by atoms with Crippen molar-refractivity contribution in [1.29, 1.82) is 0 Å². The molecular weight excluding hydrogens is 320 g/mol. The van der Waals surface area contributed by atoms with Gasteiger partial charge in [-0.2, -0.15) is 0 Å². The molecule has 0 bridgehead atoms. The van der Waals surface area contributed by atoms with Crippen molar-refractivity contribution < 1.29 is 24.5 Å². The molecule has 5 nitrogen and oxygen atoms in total. The van der Waals surface area contributed by atoms with Gasteiger partial charge in [0.15, 0.2) is 11.5 Å². The lowest BCUT2D eigenvalue weighted by molar-refractivity contribution is -0.130. The summed E-state index contributed by atoms with van der Waals surface area (Å²) in [6.07, 6.45) is 1.32. The Bertz CT molecular complexity index is 768. The van der Waals surface area contributed by atoms with Gasteiger partial charge in [-0.25, -0.2) is 4.79 Å². The van der Waals surface area contributed by atoms with Gasteiger partial charge in [0.05, 0.1) is 19.8 Å². The third kappa shape index (κ3) is 3.57. The Morgan fingerprint density at radius 2 is 1.78 bits per heavy atom. The minimum Gasteiger partial charge on any atom is -0.504 e. The van der Waals surface area contributed by atoms with E-state index in [-0.39, 0.29) is 22.6 Å². The van der Waals surface area contributed by atoms with Gasteiger partial charge >= 0.3 is 5.97 Å². The molecule has 0 aliphatic carbocycles. The van der Waals surface area contributed by atoms with Crippen LogP contribution in [0.4, 0.5) is 0 Å². The summed E-state index contributed by atoms with van der Waals surface area (Å²) in [7, 11) is 2.84. The molecular formula is C17H15ClO5. The minimum absolute atomic E-state index is 0.0398. The maximum absolute atomic E-state index is 11.7. The van der Waals surface area contributed by atoms with Crippen LogP contribution in [0.15, 0.2) is 36.4 Å². The number of aromatic hydroxyl groups is 1. The van der Waals surface area contributed by atoms with Crippen molar-refractivity contribution in [2.75, 3.05) is 14.2 Å². The molecule has 2 aromatic carbocycles. The number of carbonyl (C=O) groups is 1. The Labute approximate surface area is 138 Å². The highest BCUT2D eigenvalue weighted by atomic mass is 35.5. The first-order chi connectivity index (χ1) is 11.0. The first-order valence-electron chi connectivity index (χ1n) is 6.62. The lowest BCUT2D eigenvalue weighted by Gasteiger charge is -2.11. The zero-order valence-corrected chi connectivity index (χ0v) is 13.3. The third-order valence-corrected chi connectivity index (χ3v) is 3.43. The number of ether oxygens (including phenoxy) is 2. The highest BCUT2D eigenvalue weighted by molar-refractivity contribution is 6.31. The van der Waals surface area contributed by atoms with Crippen LogP contribution in [0.1, 0.15) is 11.1 Å². The molecule has 23 heavy (non-hydrogen) atoms. The van der Waals surface area contributed by atoms with Crippen LogP contribution in [0.5, 0.6) is 17.2 Å². The van der Waals surface area contributed by atoms with Crippen molar-refractivity contribution >= 4 is 29.2 Å². The fourth-order valence-electron chi connectivity index (χ4n) is 2.14. The van der Waals surface area contributed by atoms with E-state index in [9.17, 15) is 15.0 Å². The molecule has 120 valence electrons. The monoisotopic (exact) mass is 334 g/mol. The van der Waals surface area contributed by atoms with Crippen LogP contribution in [-0.4, -0.2) is 30.4 Å². The summed E-state index contributed by atoms with van der Waals surface area (Å²) in [5.41, 5.74) is 0.584. The van der Waals surface area contributed by atoms with Crippen LogP contribution in [0.25, 0.3) is 11.6 Å². The van der Waals surface area contributed by atoms with E-state index < -0.39 is 5.97 Å². The Balaban J connectivity index is 2.66. The number of phenolic OH excluding ortho intramolecular Hbond substituents is 1. The van der Waals surface area contributed by atoms with E-state index >= 15 is 0 Å². The minimum atomic E-state index is -1.16. The average Bonchev–Trinajstić information content (AvgIpc) is 2.54. The number of hydrogen-bond acceptors (Lipinski definition) is 4. The molecule has 0 amide bonds. The predicted molar refractivity (Wildman–Crippen MR) is 88.2 cm³/mol. The molecule has 0 heterocycles. The normalized spacial score (nSPS) is 11.2. The average molecular weight is 335 g/mol. The second-order valence-electron chi connectivity index (χ2n) is 4.61. The summed E-state index contributed by atoms with van der Waals surface area (Å²) in [4.78, 5) is 11.7. The molecule has 0 saturated heterocycles. The first kappa shape index (κ1) is 16.7. The fraction of sp³-hybridized carbons (Fsp3) is 0.118. The quantitative estimate of drug-likeness (QED) is 0.644. The van der Waals surface area contributed by atoms with Crippen molar-refractivity contribution in [3.05, 3.63) is 52.5 Å².